The molecule has 1 heterocycles. The van der Waals surface area contributed by atoms with Crippen molar-refractivity contribution in [3.8, 4) is 11.5 Å². The van der Waals surface area contributed by atoms with Crippen molar-refractivity contribution in [3.05, 3.63) is 47.5 Å². The lowest BCUT2D eigenvalue weighted by atomic mass is 10.2. The molecule has 0 aliphatic carbocycles. The fourth-order valence-corrected chi connectivity index (χ4v) is 2.90. The monoisotopic (exact) mass is 300 g/mol. The Morgan fingerprint density at radius 3 is 2.81 bits per heavy atom. The number of aromatic nitrogens is 1. The molecule has 0 spiro atoms. The Balaban J connectivity index is 1.80. The summed E-state index contributed by atoms with van der Waals surface area (Å²) in [6, 6.07) is 12.0. The molecular weight excluding hydrogens is 284 g/mol. The van der Waals surface area contributed by atoms with Gasteiger partial charge in [0, 0.05) is 17.8 Å². The Morgan fingerprint density at radius 1 is 1.10 bits per heavy atom. The molecule has 0 aliphatic heterocycles. The normalized spacial score (nSPS) is 10.6. The fraction of sp³-hybridized carbons (Fsp3) is 0.188. The first kappa shape index (κ1) is 13.7. The van der Waals surface area contributed by atoms with Crippen LogP contribution in [0.4, 0.5) is 5.69 Å². The van der Waals surface area contributed by atoms with Gasteiger partial charge in [0.25, 0.3) is 0 Å². The summed E-state index contributed by atoms with van der Waals surface area (Å²) in [5.74, 6) is 1.67. The lowest BCUT2D eigenvalue weighted by Gasteiger charge is -2.12. The molecule has 0 unspecified atom stereocenters. The SMILES string of the molecule is COc1ccc(OC)c(CNc2ccc3ncsc3c2)c1. The van der Waals surface area contributed by atoms with E-state index in [0.29, 0.717) is 6.54 Å². The Bertz CT molecular complexity index is 755. The lowest BCUT2D eigenvalue weighted by molar-refractivity contribution is 0.399. The minimum atomic E-state index is 0.671. The van der Waals surface area contributed by atoms with E-state index in [1.165, 1.54) is 4.70 Å². The molecule has 2 aromatic carbocycles. The zero-order valence-electron chi connectivity index (χ0n) is 11.9. The third-order valence-electron chi connectivity index (χ3n) is 3.30. The summed E-state index contributed by atoms with van der Waals surface area (Å²) in [4.78, 5) is 4.28. The van der Waals surface area contributed by atoms with Gasteiger partial charge < -0.3 is 14.8 Å². The van der Waals surface area contributed by atoms with Gasteiger partial charge in [0.05, 0.1) is 29.9 Å². The van der Waals surface area contributed by atoms with Gasteiger partial charge in [-0.2, -0.15) is 0 Å². The Morgan fingerprint density at radius 2 is 2.00 bits per heavy atom. The van der Waals surface area contributed by atoms with E-state index in [-0.39, 0.29) is 0 Å². The summed E-state index contributed by atoms with van der Waals surface area (Å²) in [5.41, 5.74) is 5.02. The van der Waals surface area contributed by atoms with Gasteiger partial charge in [-0.15, -0.1) is 11.3 Å². The Hall–Kier alpha value is -2.27. The van der Waals surface area contributed by atoms with Gasteiger partial charge in [-0.05, 0) is 36.4 Å². The number of fused-ring (bicyclic) bond motifs is 1. The molecule has 0 atom stereocenters. The van der Waals surface area contributed by atoms with Crippen molar-refractivity contribution in [3.63, 3.8) is 0 Å². The predicted molar refractivity (Wildman–Crippen MR) is 86.5 cm³/mol. The molecule has 3 aromatic rings. The maximum atomic E-state index is 5.39. The first-order valence-corrected chi connectivity index (χ1v) is 7.46. The third kappa shape index (κ3) is 2.92. The van der Waals surface area contributed by atoms with Crippen LogP contribution in [0.25, 0.3) is 10.2 Å². The molecule has 5 heteroatoms. The average molecular weight is 300 g/mol. The largest absolute Gasteiger partial charge is 0.497 e. The van der Waals surface area contributed by atoms with Crippen LogP contribution < -0.4 is 14.8 Å². The summed E-state index contributed by atoms with van der Waals surface area (Å²) in [6.07, 6.45) is 0. The quantitative estimate of drug-likeness (QED) is 0.775. The second-order valence-corrected chi connectivity index (χ2v) is 5.45. The number of methoxy groups -OCH3 is 2. The topological polar surface area (TPSA) is 43.4 Å². The maximum absolute atomic E-state index is 5.39. The molecule has 0 radical (unpaired) electrons. The first-order valence-electron chi connectivity index (χ1n) is 6.58. The van der Waals surface area contributed by atoms with Crippen molar-refractivity contribution >= 4 is 27.2 Å². The number of hydrogen-bond donors (Lipinski definition) is 1. The zero-order chi connectivity index (χ0) is 14.7. The van der Waals surface area contributed by atoms with Crippen LogP contribution in [0, 0.1) is 0 Å². The van der Waals surface area contributed by atoms with E-state index in [2.05, 4.69) is 16.4 Å². The van der Waals surface area contributed by atoms with Crippen LogP contribution in [0.15, 0.2) is 41.9 Å². The molecule has 1 N–H and O–H groups in total. The third-order valence-corrected chi connectivity index (χ3v) is 4.09. The molecule has 0 aliphatic rings. The summed E-state index contributed by atoms with van der Waals surface area (Å²) < 4.78 is 11.8. The van der Waals surface area contributed by atoms with E-state index in [0.717, 1.165) is 28.3 Å². The van der Waals surface area contributed by atoms with E-state index in [1.807, 2.05) is 35.8 Å². The summed E-state index contributed by atoms with van der Waals surface area (Å²) in [7, 11) is 3.34. The van der Waals surface area contributed by atoms with Crippen LogP contribution >= 0.6 is 11.3 Å². The maximum Gasteiger partial charge on any atom is 0.124 e. The minimum absolute atomic E-state index is 0.671. The van der Waals surface area contributed by atoms with E-state index < -0.39 is 0 Å². The number of rotatable bonds is 5. The number of ether oxygens (including phenoxy) is 2. The molecular formula is C16H16N2O2S. The number of nitrogens with one attached hydrogen (secondary N) is 1. The second kappa shape index (κ2) is 6.01. The van der Waals surface area contributed by atoms with Crippen molar-refractivity contribution in [2.45, 2.75) is 6.54 Å². The molecule has 1 aromatic heterocycles. The van der Waals surface area contributed by atoms with Gasteiger partial charge in [0.1, 0.15) is 11.5 Å². The molecule has 21 heavy (non-hydrogen) atoms. The minimum Gasteiger partial charge on any atom is -0.497 e. The molecule has 0 bridgehead atoms. The van der Waals surface area contributed by atoms with E-state index >= 15 is 0 Å². The molecule has 108 valence electrons. The predicted octanol–water partition coefficient (Wildman–Crippen LogP) is 3.93. The van der Waals surface area contributed by atoms with Crippen LogP contribution in [-0.4, -0.2) is 19.2 Å². The van der Waals surface area contributed by atoms with Crippen molar-refractivity contribution < 1.29 is 9.47 Å². The van der Waals surface area contributed by atoms with E-state index in [1.54, 1.807) is 25.6 Å². The van der Waals surface area contributed by atoms with Crippen LogP contribution in [0.2, 0.25) is 0 Å². The molecule has 4 nitrogen and oxygen atoms in total. The smallest absolute Gasteiger partial charge is 0.124 e. The average Bonchev–Trinajstić information content (AvgIpc) is 3.00. The Kier molecular flexibility index (Phi) is 3.92. The first-order chi connectivity index (χ1) is 10.3. The van der Waals surface area contributed by atoms with Crippen LogP contribution in [0.5, 0.6) is 11.5 Å². The van der Waals surface area contributed by atoms with Crippen molar-refractivity contribution in [2.24, 2.45) is 0 Å². The van der Waals surface area contributed by atoms with E-state index in [9.17, 15) is 0 Å². The van der Waals surface area contributed by atoms with Gasteiger partial charge in [-0.25, -0.2) is 4.98 Å². The van der Waals surface area contributed by atoms with Crippen LogP contribution in [-0.2, 0) is 6.54 Å². The molecule has 0 saturated heterocycles. The van der Waals surface area contributed by atoms with Gasteiger partial charge >= 0.3 is 0 Å². The Labute approximate surface area is 127 Å². The highest BCUT2D eigenvalue weighted by atomic mass is 32.1. The van der Waals surface area contributed by atoms with Crippen LogP contribution in [0.1, 0.15) is 5.56 Å². The van der Waals surface area contributed by atoms with Crippen molar-refractivity contribution in [2.75, 3.05) is 19.5 Å². The number of thiazole rings is 1. The number of anilines is 1. The molecule has 0 fully saturated rings. The van der Waals surface area contributed by atoms with Crippen LogP contribution in [0.3, 0.4) is 0 Å². The number of hydrogen-bond acceptors (Lipinski definition) is 5. The van der Waals surface area contributed by atoms with Gasteiger partial charge in [0.15, 0.2) is 0 Å². The second-order valence-electron chi connectivity index (χ2n) is 4.57. The highest BCUT2D eigenvalue weighted by Gasteiger charge is 2.05. The molecule has 0 saturated carbocycles. The summed E-state index contributed by atoms with van der Waals surface area (Å²) in [5, 5.41) is 3.41. The van der Waals surface area contributed by atoms with Gasteiger partial charge in [0.2, 0.25) is 0 Å². The van der Waals surface area contributed by atoms with Gasteiger partial charge in [-0.1, -0.05) is 0 Å². The molecule has 3 rings (SSSR count). The number of benzene rings is 2. The lowest BCUT2D eigenvalue weighted by Crippen LogP contribution is -2.02. The summed E-state index contributed by atoms with van der Waals surface area (Å²) >= 11 is 1.64. The van der Waals surface area contributed by atoms with Gasteiger partial charge in [-0.3, -0.25) is 0 Å². The summed E-state index contributed by atoms with van der Waals surface area (Å²) in [6.45, 7) is 0.671. The van der Waals surface area contributed by atoms with Crippen molar-refractivity contribution in [1.29, 1.82) is 0 Å². The fourth-order valence-electron chi connectivity index (χ4n) is 2.18. The zero-order valence-corrected chi connectivity index (χ0v) is 12.7. The van der Waals surface area contributed by atoms with E-state index in [4.69, 9.17) is 9.47 Å². The highest BCUT2D eigenvalue weighted by Crippen LogP contribution is 2.26. The number of nitrogens with zero attached hydrogens (tertiary/aromatic N) is 1. The molecule has 0 amide bonds. The highest BCUT2D eigenvalue weighted by molar-refractivity contribution is 7.16. The van der Waals surface area contributed by atoms with Crippen molar-refractivity contribution in [1.82, 2.24) is 4.98 Å². The standard InChI is InChI=1S/C16H16N2O2S/c1-19-13-4-6-15(20-2)11(7-13)9-17-12-3-5-14-16(8-12)21-10-18-14/h3-8,10,17H,9H2,1-2H3.